The zero-order valence-corrected chi connectivity index (χ0v) is 16.1. The first-order valence-electron chi connectivity index (χ1n) is 7.29. The summed E-state index contributed by atoms with van der Waals surface area (Å²) < 4.78 is 5.19. The second-order valence-corrected chi connectivity index (χ2v) is 7.02. The lowest BCUT2D eigenvalue weighted by Gasteiger charge is -2.16. The summed E-state index contributed by atoms with van der Waals surface area (Å²) in [5.74, 6) is -1.56. The zero-order valence-electron chi connectivity index (χ0n) is 13.1. The number of hydrogen-bond acceptors (Lipinski definition) is 4. The van der Waals surface area contributed by atoms with Gasteiger partial charge in [-0.15, -0.1) is 0 Å². The van der Waals surface area contributed by atoms with Crippen molar-refractivity contribution in [2.75, 3.05) is 6.54 Å². The minimum atomic E-state index is -0.767. The maximum absolute atomic E-state index is 12.6. The highest BCUT2D eigenvalue weighted by molar-refractivity contribution is 6.55. The Labute approximate surface area is 167 Å². The molecule has 0 spiro atoms. The zero-order chi connectivity index (χ0) is 19.2. The monoisotopic (exact) mass is 434 g/mol. The topological polar surface area (TPSA) is 79.6 Å². The highest BCUT2D eigenvalue weighted by Crippen LogP contribution is 2.44. The highest BCUT2D eigenvalue weighted by Gasteiger charge is 2.42. The molecule has 1 atom stereocenters. The van der Waals surface area contributed by atoms with Crippen molar-refractivity contribution in [3.63, 3.8) is 0 Å². The molecule has 0 aliphatic carbocycles. The van der Waals surface area contributed by atoms with Gasteiger partial charge in [0.15, 0.2) is 0 Å². The molecule has 1 N–H and O–H groups in total. The fourth-order valence-electron chi connectivity index (χ4n) is 2.58. The van der Waals surface area contributed by atoms with E-state index in [4.69, 9.17) is 50.8 Å². The van der Waals surface area contributed by atoms with Gasteiger partial charge in [0.25, 0.3) is 11.8 Å². The number of nitrogens with zero attached hydrogens (tertiary/aromatic N) is 1. The van der Waals surface area contributed by atoms with E-state index in [2.05, 4.69) is 5.32 Å². The van der Waals surface area contributed by atoms with Crippen molar-refractivity contribution in [3.8, 4) is 0 Å². The Kier molecular flexibility index (Phi) is 5.21. The minimum absolute atomic E-state index is 0.129. The van der Waals surface area contributed by atoms with Gasteiger partial charge in [-0.1, -0.05) is 46.4 Å². The smallest absolute Gasteiger partial charge is 0.263 e. The van der Waals surface area contributed by atoms with Gasteiger partial charge in [0, 0.05) is 0 Å². The van der Waals surface area contributed by atoms with Crippen LogP contribution in [-0.2, 0) is 4.79 Å². The van der Waals surface area contributed by atoms with Crippen LogP contribution in [-0.4, -0.2) is 29.2 Å². The van der Waals surface area contributed by atoms with E-state index in [0.717, 1.165) is 4.90 Å². The first-order chi connectivity index (χ1) is 12.2. The molecule has 136 valence electrons. The van der Waals surface area contributed by atoms with E-state index < -0.39 is 30.3 Å². The van der Waals surface area contributed by atoms with Gasteiger partial charge in [0.05, 0.1) is 43.5 Å². The van der Waals surface area contributed by atoms with Crippen LogP contribution in [0.5, 0.6) is 0 Å². The summed E-state index contributed by atoms with van der Waals surface area (Å²) in [6.07, 6.45) is 1.47. The van der Waals surface area contributed by atoms with Crippen molar-refractivity contribution in [2.45, 2.75) is 13.0 Å². The molecular formula is C16H10Cl4N2O4. The fourth-order valence-corrected chi connectivity index (χ4v) is 3.59. The third kappa shape index (κ3) is 3.07. The predicted octanol–water partition coefficient (Wildman–Crippen LogP) is 4.37. The van der Waals surface area contributed by atoms with Crippen LogP contribution in [0.2, 0.25) is 20.1 Å². The van der Waals surface area contributed by atoms with Crippen LogP contribution in [0, 0.1) is 0 Å². The fraction of sp³-hybridized carbons (Fsp3) is 0.188. The summed E-state index contributed by atoms with van der Waals surface area (Å²) in [7, 11) is 0. The van der Waals surface area contributed by atoms with E-state index in [1.807, 2.05) is 0 Å². The van der Waals surface area contributed by atoms with Gasteiger partial charge < -0.3 is 9.73 Å². The lowest BCUT2D eigenvalue weighted by Crippen LogP contribution is -2.41. The molecule has 1 aromatic carbocycles. The van der Waals surface area contributed by atoms with Crippen LogP contribution >= 0.6 is 46.4 Å². The molecule has 1 aliphatic heterocycles. The lowest BCUT2D eigenvalue weighted by molar-refractivity contribution is -0.122. The number of furan rings is 1. The number of nitrogens with one attached hydrogen (secondary N) is 1. The van der Waals surface area contributed by atoms with Crippen molar-refractivity contribution in [3.05, 3.63) is 55.4 Å². The van der Waals surface area contributed by atoms with Crippen molar-refractivity contribution < 1.29 is 18.8 Å². The number of rotatable bonds is 4. The Bertz CT molecular complexity index is 880. The number of fused-ring (bicyclic) bond motifs is 1. The second kappa shape index (κ2) is 7.12. The largest absolute Gasteiger partial charge is 0.467 e. The molecule has 0 radical (unpaired) electrons. The van der Waals surface area contributed by atoms with E-state index in [0.29, 0.717) is 5.76 Å². The average molecular weight is 436 g/mol. The number of amides is 3. The SMILES string of the molecule is CC(NC(=O)CN1C(=O)c2c(Cl)c(Cl)c(Cl)c(Cl)c2C1=O)c1ccco1. The Morgan fingerprint density at radius 3 is 2.08 bits per heavy atom. The minimum Gasteiger partial charge on any atom is -0.467 e. The summed E-state index contributed by atoms with van der Waals surface area (Å²) in [5, 5.41) is 2.02. The number of benzene rings is 1. The molecule has 3 rings (SSSR count). The van der Waals surface area contributed by atoms with Gasteiger partial charge in [0.1, 0.15) is 12.3 Å². The Morgan fingerprint density at radius 2 is 1.62 bits per heavy atom. The number of hydrogen-bond donors (Lipinski definition) is 1. The molecule has 0 bridgehead atoms. The van der Waals surface area contributed by atoms with E-state index in [1.165, 1.54) is 6.26 Å². The van der Waals surface area contributed by atoms with E-state index in [9.17, 15) is 14.4 Å². The highest BCUT2D eigenvalue weighted by atomic mass is 35.5. The summed E-state index contributed by atoms with van der Waals surface area (Å²) >= 11 is 24.0. The average Bonchev–Trinajstić information content (AvgIpc) is 3.21. The van der Waals surface area contributed by atoms with Crippen molar-refractivity contribution in [2.24, 2.45) is 0 Å². The standard InChI is InChI=1S/C16H10Cl4N2O4/c1-6(7-3-2-4-26-7)21-8(23)5-22-15(24)9-10(16(22)25)12(18)14(20)13(19)11(9)17/h2-4,6H,5H2,1H3,(H,21,23). The predicted molar refractivity (Wildman–Crippen MR) is 97.1 cm³/mol. The Balaban J connectivity index is 1.83. The number of carbonyl (C=O) groups excluding carboxylic acids is 3. The maximum Gasteiger partial charge on any atom is 0.263 e. The van der Waals surface area contributed by atoms with Crippen LogP contribution in [0.4, 0.5) is 0 Å². The van der Waals surface area contributed by atoms with Gasteiger partial charge in [-0.3, -0.25) is 19.3 Å². The first-order valence-corrected chi connectivity index (χ1v) is 8.80. The molecule has 1 aromatic heterocycles. The molecule has 0 saturated carbocycles. The van der Waals surface area contributed by atoms with Crippen LogP contribution < -0.4 is 5.32 Å². The maximum atomic E-state index is 12.6. The molecule has 1 aliphatic rings. The molecule has 10 heteroatoms. The Morgan fingerprint density at radius 1 is 1.08 bits per heavy atom. The van der Waals surface area contributed by atoms with E-state index in [1.54, 1.807) is 19.1 Å². The number of imide groups is 1. The molecular weight excluding hydrogens is 426 g/mol. The van der Waals surface area contributed by atoms with Crippen molar-refractivity contribution in [1.82, 2.24) is 10.2 Å². The van der Waals surface area contributed by atoms with Crippen molar-refractivity contribution >= 4 is 64.1 Å². The molecule has 26 heavy (non-hydrogen) atoms. The first kappa shape index (κ1) is 19.0. The summed E-state index contributed by atoms with van der Waals surface area (Å²) in [6, 6.07) is 2.93. The number of halogens is 4. The third-order valence-corrected chi connectivity index (χ3v) is 5.64. The molecule has 0 fully saturated rings. The lowest BCUT2D eigenvalue weighted by atomic mass is 10.1. The van der Waals surface area contributed by atoms with Crippen LogP contribution in [0.1, 0.15) is 39.4 Å². The van der Waals surface area contributed by atoms with E-state index >= 15 is 0 Å². The normalized spacial score (nSPS) is 14.6. The molecule has 2 heterocycles. The van der Waals surface area contributed by atoms with Crippen LogP contribution in [0.25, 0.3) is 0 Å². The third-order valence-electron chi connectivity index (χ3n) is 3.83. The molecule has 1 unspecified atom stereocenters. The summed E-state index contributed by atoms with van der Waals surface area (Å²) in [4.78, 5) is 38.1. The second-order valence-electron chi connectivity index (χ2n) is 5.51. The van der Waals surface area contributed by atoms with Gasteiger partial charge in [-0.05, 0) is 19.1 Å². The number of carbonyl (C=O) groups is 3. The molecule has 6 nitrogen and oxygen atoms in total. The van der Waals surface area contributed by atoms with Gasteiger partial charge in [-0.25, -0.2) is 0 Å². The molecule has 3 amide bonds. The molecule has 2 aromatic rings. The quantitative estimate of drug-likeness (QED) is 0.439. The van der Waals surface area contributed by atoms with Crippen LogP contribution in [0.3, 0.4) is 0 Å². The Hall–Kier alpha value is -1.73. The van der Waals surface area contributed by atoms with Gasteiger partial charge in [-0.2, -0.15) is 0 Å². The van der Waals surface area contributed by atoms with E-state index in [-0.39, 0.29) is 31.2 Å². The van der Waals surface area contributed by atoms with Gasteiger partial charge >= 0.3 is 0 Å². The van der Waals surface area contributed by atoms with Crippen molar-refractivity contribution in [1.29, 1.82) is 0 Å². The summed E-state index contributed by atoms with van der Waals surface area (Å²) in [5.41, 5.74) is -0.328. The van der Waals surface area contributed by atoms with Gasteiger partial charge in [0.2, 0.25) is 5.91 Å². The summed E-state index contributed by atoms with van der Waals surface area (Å²) in [6.45, 7) is 1.19. The molecule has 0 saturated heterocycles. The van der Waals surface area contributed by atoms with Crippen LogP contribution in [0.15, 0.2) is 22.8 Å².